The Morgan fingerprint density at radius 2 is 1.66 bits per heavy atom. The van der Waals surface area contributed by atoms with E-state index in [-0.39, 0.29) is 5.91 Å². The Morgan fingerprint density at radius 3 is 2.28 bits per heavy atom. The van der Waals surface area contributed by atoms with Crippen LogP contribution in [-0.2, 0) is 6.61 Å². The Labute approximate surface area is 200 Å². The lowest BCUT2D eigenvalue weighted by Gasteiger charge is -2.13. The molecule has 3 aromatic rings. The summed E-state index contributed by atoms with van der Waals surface area (Å²) in [7, 11) is 4.63. The van der Waals surface area contributed by atoms with E-state index >= 15 is 0 Å². The van der Waals surface area contributed by atoms with E-state index in [0.717, 1.165) is 14.7 Å². The van der Waals surface area contributed by atoms with E-state index in [0.29, 0.717) is 35.2 Å². The van der Waals surface area contributed by atoms with Crippen LogP contribution in [0, 0.1) is 3.57 Å². The Bertz CT molecular complexity index is 1080. The number of ether oxygens (including phenoxy) is 4. The molecule has 7 nitrogen and oxygen atoms in total. The monoisotopic (exact) mass is 546 g/mol. The van der Waals surface area contributed by atoms with E-state index in [9.17, 15) is 4.79 Å². The Morgan fingerprint density at radius 1 is 0.969 bits per heavy atom. The second kappa shape index (κ2) is 11.4. The van der Waals surface area contributed by atoms with Crippen LogP contribution in [0.4, 0.5) is 0 Å². The first-order valence-corrected chi connectivity index (χ1v) is 10.7. The molecule has 0 bridgehead atoms. The topological polar surface area (TPSA) is 78.4 Å². The Kier molecular flexibility index (Phi) is 8.32. The summed E-state index contributed by atoms with van der Waals surface area (Å²) >= 11 is 2.19. The van der Waals surface area contributed by atoms with Crippen molar-refractivity contribution in [1.82, 2.24) is 5.43 Å². The fourth-order valence-corrected chi connectivity index (χ4v) is 3.63. The van der Waals surface area contributed by atoms with Crippen LogP contribution in [0.3, 0.4) is 0 Å². The van der Waals surface area contributed by atoms with Gasteiger partial charge in [-0.1, -0.05) is 30.3 Å². The quantitative estimate of drug-likeness (QED) is 0.240. The fraction of sp³-hybridized carbons (Fsp3) is 0.167. The second-order valence-electron chi connectivity index (χ2n) is 6.61. The molecule has 0 saturated carbocycles. The lowest BCUT2D eigenvalue weighted by molar-refractivity contribution is 0.0954. The molecule has 0 saturated heterocycles. The summed E-state index contributed by atoms with van der Waals surface area (Å²) < 4.78 is 22.7. The molecular formula is C24H23IN2O5. The van der Waals surface area contributed by atoms with E-state index < -0.39 is 0 Å². The zero-order chi connectivity index (χ0) is 22.9. The third kappa shape index (κ3) is 6.13. The number of amides is 1. The molecule has 3 aromatic carbocycles. The molecule has 1 N–H and O–H groups in total. The van der Waals surface area contributed by atoms with Crippen LogP contribution < -0.4 is 24.4 Å². The predicted octanol–water partition coefficient (Wildman–Crippen LogP) is 4.66. The minimum absolute atomic E-state index is 0.371. The molecule has 0 radical (unpaired) electrons. The molecule has 8 heteroatoms. The molecule has 166 valence electrons. The number of hydrogen-bond acceptors (Lipinski definition) is 6. The van der Waals surface area contributed by atoms with Crippen LogP contribution in [-0.4, -0.2) is 33.5 Å². The largest absolute Gasteiger partial charge is 0.497 e. The molecule has 0 aromatic heterocycles. The number of halogens is 1. The number of benzene rings is 3. The number of hydrazone groups is 1. The van der Waals surface area contributed by atoms with E-state index in [1.165, 1.54) is 14.2 Å². The molecule has 0 heterocycles. The lowest BCUT2D eigenvalue weighted by atomic mass is 10.2. The van der Waals surface area contributed by atoms with Gasteiger partial charge in [0, 0.05) is 11.6 Å². The Balaban J connectivity index is 1.70. The number of carbonyl (C=O) groups is 1. The van der Waals surface area contributed by atoms with Crippen molar-refractivity contribution in [2.24, 2.45) is 5.10 Å². The van der Waals surface area contributed by atoms with Crippen molar-refractivity contribution >= 4 is 34.7 Å². The zero-order valence-corrected chi connectivity index (χ0v) is 20.1. The van der Waals surface area contributed by atoms with E-state index in [1.54, 1.807) is 37.6 Å². The molecule has 32 heavy (non-hydrogen) atoms. The van der Waals surface area contributed by atoms with Crippen molar-refractivity contribution in [2.45, 2.75) is 6.61 Å². The average Bonchev–Trinajstić information content (AvgIpc) is 2.83. The first-order chi connectivity index (χ1) is 15.5. The highest BCUT2D eigenvalue weighted by atomic mass is 127. The SMILES string of the molecule is COc1cc(OC)cc(C(=O)N/N=C\c2cc(I)c(OCc3ccccc3)c(OC)c2)c1. The summed E-state index contributed by atoms with van der Waals surface area (Å²) in [4.78, 5) is 12.5. The molecule has 0 aliphatic heterocycles. The predicted molar refractivity (Wildman–Crippen MR) is 131 cm³/mol. The van der Waals surface area contributed by atoms with Crippen LogP contribution in [0.15, 0.2) is 65.8 Å². The summed E-state index contributed by atoms with van der Waals surface area (Å²) in [5.74, 6) is 1.88. The molecular weight excluding hydrogens is 523 g/mol. The number of rotatable bonds is 9. The van der Waals surface area contributed by atoms with Crippen molar-refractivity contribution < 1.29 is 23.7 Å². The summed E-state index contributed by atoms with van der Waals surface area (Å²) in [5.41, 5.74) is 4.70. The molecule has 0 fully saturated rings. The lowest BCUT2D eigenvalue weighted by Crippen LogP contribution is -2.17. The van der Waals surface area contributed by atoms with Crippen molar-refractivity contribution in [3.8, 4) is 23.0 Å². The molecule has 0 aliphatic rings. The van der Waals surface area contributed by atoms with Gasteiger partial charge < -0.3 is 18.9 Å². The number of carbonyl (C=O) groups excluding carboxylic acids is 1. The first-order valence-electron chi connectivity index (χ1n) is 9.64. The van der Waals surface area contributed by atoms with Gasteiger partial charge in [0.1, 0.15) is 18.1 Å². The van der Waals surface area contributed by atoms with Gasteiger partial charge in [0.2, 0.25) is 0 Å². The molecule has 1 amide bonds. The van der Waals surface area contributed by atoms with Crippen molar-refractivity contribution in [1.29, 1.82) is 0 Å². The van der Waals surface area contributed by atoms with E-state index in [1.807, 2.05) is 36.4 Å². The van der Waals surface area contributed by atoms with Crippen molar-refractivity contribution in [2.75, 3.05) is 21.3 Å². The number of nitrogens with one attached hydrogen (secondary N) is 1. The number of hydrogen-bond donors (Lipinski definition) is 1. The zero-order valence-electron chi connectivity index (χ0n) is 17.9. The minimum Gasteiger partial charge on any atom is -0.497 e. The normalized spacial score (nSPS) is 10.6. The Hall–Kier alpha value is -3.27. The summed E-state index contributed by atoms with van der Waals surface area (Å²) in [6.07, 6.45) is 1.54. The minimum atomic E-state index is -0.386. The molecule has 0 atom stereocenters. The molecule has 3 rings (SSSR count). The maximum atomic E-state index is 12.5. The third-order valence-electron chi connectivity index (χ3n) is 4.47. The number of methoxy groups -OCH3 is 3. The third-order valence-corrected chi connectivity index (χ3v) is 5.27. The van der Waals surface area contributed by atoms with Crippen molar-refractivity contribution in [3.05, 3.63) is 80.9 Å². The highest BCUT2D eigenvalue weighted by molar-refractivity contribution is 14.1. The van der Waals surface area contributed by atoms with Gasteiger partial charge in [0.25, 0.3) is 5.91 Å². The van der Waals surface area contributed by atoms with Crippen LogP contribution in [0.1, 0.15) is 21.5 Å². The van der Waals surface area contributed by atoms with Gasteiger partial charge in [0.15, 0.2) is 11.5 Å². The molecule has 0 spiro atoms. The summed E-state index contributed by atoms with van der Waals surface area (Å²) in [6, 6.07) is 18.5. The van der Waals surface area contributed by atoms with Crippen LogP contribution in [0.2, 0.25) is 0 Å². The molecule has 0 unspecified atom stereocenters. The van der Waals surface area contributed by atoms with Gasteiger partial charge in [-0.2, -0.15) is 5.10 Å². The van der Waals surface area contributed by atoms with Crippen LogP contribution >= 0.6 is 22.6 Å². The van der Waals surface area contributed by atoms with Gasteiger partial charge >= 0.3 is 0 Å². The molecule has 0 aliphatic carbocycles. The second-order valence-corrected chi connectivity index (χ2v) is 7.77. The number of nitrogens with zero attached hydrogens (tertiary/aromatic N) is 1. The summed E-state index contributed by atoms with van der Waals surface area (Å²) in [5, 5.41) is 4.06. The summed E-state index contributed by atoms with van der Waals surface area (Å²) in [6.45, 7) is 0.431. The maximum absolute atomic E-state index is 12.5. The van der Waals surface area contributed by atoms with Crippen molar-refractivity contribution in [3.63, 3.8) is 0 Å². The van der Waals surface area contributed by atoms with Crippen LogP contribution in [0.5, 0.6) is 23.0 Å². The van der Waals surface area contributed by atoms with Gasteiger partial charge in [-0.05, 0) is 58.0 Å². The highest BCUT2D eigenvalue weighted by Gasteiger charge is 2.12. The fourth-order valence-electron chi connectivity index (χ4n) is 2.85. The van der Waals surface area contributed by atoms with Gasteiger partial charge in [-0.3, -0.25) is 4.79 Å². The van der Waals surface area contributed by atoms with Gasteiger partial charge in [-0.15, -0.1) is 0 Å². The average molecular weight is 546 g/mol. The standard InChI is InChI=1S/C24H23IN2O5/c1-29-19-11-18(12-20(13-19)30-2)24(28)27-26-14-17-9-21(25)23(22(10-17)31-3)32-15-16-7-5-4-6-8-16/h4-14H,15H2,1-3H3,(H,27,28)/b26-14-. The van der Waals surface area contributed by atoms with Gasteiger partial charge in [0.05, 0.1) is 31.1 Å². The van der Waals surface area contributed by atoms with E-state index in [4.69, 9.17) is 18.9 Å². The smallest absolute Gasteiger partial charge is 0.271 e. The first kappa shape index (κ1) is 23.4. The van der Waals surface area contributed by atoms with Crippen LogP contribution in [0.25, 0.3) is 0 Å². The van der Waals surface area contributed by atoms with Gasteiger partial charge in [-0.25, -0.2) is 5.43 Å². The highest BCUT2D eigenvalue weighted by Crippen LogP contribution is 2.34. The van der Waals surface area contributed by atoms with E-state index in [2.05, 4.69) is 33.1 Å². The maximum Gasteiger partial charge on any atom is 0.271 e.